The summed E-state index contributed by atoms with van der Waals surface area (Å²) in [6.07, 6.45) is 7.39. The quantitative estimate of drug-likeness (QED) is 0.502. The van der Waals surface area contributed by atoms with Gasteiger partial charge in [-0.1, -0.05) is 23.3 Å². The highest BCUT2D eigenvalue weighted by molar-refractivity contribution is 5.59. The predicted molar refractivity (Wildman–Crippen MR) is 123 cm³/mol. The molecule has 2 aromatic rings. The average molecular weight is 435 g/mol. The van der Waals surface area contributed by atoms with E-state index in [4.69, 9.17) is 23.7 Å². The Bertz CT molecular complexity index is 1090. The van der Waals surface area contributed by atoms with Crippen LogP contribution < -0.4 is 23.7 Å². The molecule has 0 saturated heterocycles. The van der Waals surface area contributed by atoms with Crippen molar-refractivity contribution in [3.63, 3.8) is 0 Å². The van der Waals surface area contributed by atoms with Crippen molar-refractivity contribution < 1.29 is 23.7 Å². The molecule has 0 amide bonds. The number of hydrogen-bond donors (Lipinski definition) is 0. The van der Waals surface area contributed by atoms with Gasteiger partial charge < -0.3 is 23.7 Å². The Morgan fingerprint density at radius 2 is 1.81 bits per heavy atom. The molecule has 0 spiro atoms. The Morgan fingerprint density at radius 3 is 2.59 bits per heavy atom. The lowest BCUT2D eigenvalue weighted by Crippen LogP contribution is -2.24. The molecule has 0 radical (unpaired) electrons. The van der Waals surface area contributed by atoms with Crippen LogP contribution in [-0.2, 0) is 6.42 Å². The molecule has 0 saturated carbocycles. The molecule has 32 heavy (non-hydrogen) atoms. The lowest BCUT2D eigenvalue weighted by molar-refractivity contribution is 0.137. The molecule has 5 heteroatoms. The number of methoxy groups -OCH3 is 1. The third kappa shape index (κ3) is 3.70. The molecular formula is C27H30O5. The minimum absolute atomic E-state index is 0.0799. The highest BCUT2D eigenvalue weighted by Crippen LogP contribution is 2.55. The van der Waals surface area contributed by atoms with Crippen molar-refractivity contribution in [1.82, 2.24) is 0 Å². The predicted octanol–water partition coefficient (Wildman–Crippen LogP) is 6.27. The standard InChI is InChI=1S/C27H30O5/c1-16(2)6-5-7-17(3)8-9-18-22(28-4)11-10-19-26(18)29-14-21-20-12-24-25(31-15-30-24)13-23(20)32-27(19)21/h6,8,10-13,21,27H,5,7,9,14-15H2,1-4H3/b17-8+/t21-,27-/m1/s1. The zero-order valence-electron chi connectivity index (χ0n) is 19.2. The van der Waals surface area contributed by atoms with Crippen molar-refractivity contribution in [3.8, 4) is 28.7 Å². The molecule has 2 aromatic carbocycles. The lowest BCUT2D eigenvalue weighted by Gasteiger charge is -2.30. The molecule has 3 heterocycles. The fourth-order valence-corrected chi connectivity index (χ4v) is 4.72. The molecule has 0 aliphatic carbocycles. The van der Waals surface area contributed by atoms with Crippen LogP contribution in [0.15, 0.2) is 47.6 Å². The number of rotatable bonds is 6. The normalized spacial score (nSPS) is 19.9. The summed E-state index contributed by atoms with van der Waals surface area (Å²) < 4.78 is 29.6. The van der Waals surface area contributed by atoms with Gasteiger partial charge in [0, 0.05) is 22.8 Å². The minimum Gasteiger partial charge on any atom is -0.496 e. The molecule has 5 rings (SSSR count). The van der Waals surface area contributed by atoms with Crippen molar-refractivity contribution in [1.29, 1.82) is 0 Å². The molecule has 0 fully saturated rings. The van der Waals surface area contributed by atoms with E-state index in [9.17, 15) is 0 Å². The summed E-state index contributed by atoms with van der Waals surface area (Å²) in [7, 11) is 1.71. The first kappa shape index (κ1) is 20.8. The van der Waals surface area contributed by atoms with Gasteiger partial charge in [-0.2, -0.15) is 0 Å². The first-order valence-corrected chi connectivity index (χ1v) is 11.3. The number of fused-ring (bicyclic) bond motifs is 6. The Labute approximate surface area is 189 Å². The summed E-state index contributed by atoms with van der Waals surface area (Å²) >= 11 is 0. The van der Waals surface area contributed by atoms with Gasteiger partial charge in [0.05, 0.1) is 19.6 Å². The van der Waals surface area contributed by atoms with Crippen molar-refractivity contribution in [2.45, 2.75) is 52.1 Å². The van der Waals surface area contributed by atoms with Gasteiger partial charge >= 0.3 is 0 Å². The van der Waals surface area contributed by atoms with E-state index in [0.29, 0.717) is 6.61 Å². The molecule has 2 atom stereocenters. The van der Waals surface area contributed by atoms with Crippen LogP contribution in [0.4, 0.5) is 0 Å². The SMILES string of the molecule is COc1ccc2c(c1C/C=C(\C)CCC=C(C)C)OC[C@@H]1c3cc4c(cc3O[C@H]21)OCO4. The molecule has 168 valence electrons. The van der Waals surface area contributed by atoms with Crippen LogP contribution in [0.3, 0.4) is 0 Å². The van der Waals surface area contributed by atoms with Crippen LogP contribution in [0, 0.1) is 0 Å². The Kier molecular flexibility index (Phi) is 5.50. The highest BCUT2D eigenvalue weighted by Gasteiger charge is 2.43. The average Bonchev–Trinajstić information content (AvgIpc) is 3.38. The Hall–Kier alpha value is -3.08. The summed E-state index contributed by atoms with van der Waals surface area (Å²) in [5.41, 5.74) is 6.01. The van der Waals surface area contributed by atoms with Crippen molar-refractivity contribution in [2.24, 2.45) is 0 Å². The van der Waals surface area contributed by atoms with Crippen molar-refractivity contribution in [3.05, 3.63) is 64.3 Å². The topological polar surface area (TPSA) is 46.2 Å². The number of benzene rings is 2. The van der Waals surface area contributed by atoms with Crippen LogP contribution in [0.2, 0.25) is 0 Å². The maximum absolute atomic E-state index is 6.41. The number of ether oxygens (including phenoxy) is 5. The van der Waals surface area contributed by atoms with E-state index < -0.39 is 0 Å². The second-order valence-electron chi connectivity index (χ2n) is 8.94. The zero-order chi connectivity index (χ0) is 22.2. The maximum atomic E-state index is 6.41. The van der Waals surface area contributed by atoms with Gasteiger partial charge in [-0.15, -0.1) is 0 Å². The monoisotopic (exact) mass is 434 g/mol. The summed E-state index contributed by atoms with van der Waals surface area (Å²) in [5, 5.41) is 0. The lowest BCUT2D eigenvalue weighted by atomic mass is 9.87. The van der Waals surface area contributed by atoms with Gasteiger partial charge in [0.25, 0.3) is 0 Å². The molecule has 0 aromatic heterocycles. The van der Waals surface area contributed by atoms with E-state index >= 15 is 0 Å². The van der Waals surface area contributed by atoms with Crippen molar-refractivity contribution in [2.75, 3.05) is 20.5 Å². The smallest absolute Gasteiger partial charge is 0.231 e. The molecule has 3 aliphatic heterocycles. The van der Waals surface area contributed by atoms with E-state index in [1.807, 2.05) is 18.2 Å². The second-order valence-corrected chi connectivity index (χ2v) is 8.94. The third-order valence-corrected chi connectivity index (χ3v) is 6.45. The second kappa shape index (κ2) is 8.45. The molecule has 5 nitrogen and oxygen atoms in total. The van der Waals surface area contributed by atoms with Gasteiger partial charge in [0.15, 0.2) is 11.5 Å². The summed E-state index contributed by atoms with van der Waals surface area (Å²) in [5.74, 6) is 4.26. The first-order valence-electron chi connectivity index (χ1n) is 11.3. The molecule has 0 bridgehead atoms. The van der Waals surface area contributed by atoms with E-state index in [1.165, 1.54) is 11.1 Å². The fraction of sp³-hybridized carbons (Fsp3) is 0.407. The fourth-order valence-electron chi connectivity index (χ4n) is 4.72. The van der Waals surface area contributed by atoms with Crippen LogP contribution in [-0.4, -0.2) is 20.5 Å². The van der Waals surface area contributed by atoms with E-state index in [2.05, 4.69) is 39.0 Å². The van der Waals surface area contributed by atoms with Gasteiger partial charge in [-0.25, -0.2) is 0 Å². The Morgan fingerprint density at radius 1 is 1.00 bits per heavy atom. The number of hydrogen-bond acceptors (Lipinski definition) is 5. The summed E-state index contributed by atoms with van der Waals surface area (Å²) in [4.78, 5) is 0. The maximum Gasteiger partial charge on any atom is 0.231 e. The van der Waals surface area contributed by atoms with Crippen LogP contribution in [0.25, 0.3) is 0 Å². The number of allylic oxidation sites excluding steroid dienone is 4. The molecule has 0 unspecified atom stereocenters. The summed E-state index contributed by atoms with van der Waals surface area (Å²) in [6, 6.07) is 8.09. The Balaban J connectivity index is 1.42. The van der Waals surface area contributed by atoms with Crippen LogP contribution in [0.1, 0.15) is 62.3 Å². The zero-order valence-corrected chi connectivity index (χ0v) is 19.2. The van der Waals surface area contributed by atoms with Gasteiger partial charge in [0.1, 0.15) is 23.4 Å². The third-order valence-electron chi connectivity index (χ3n) is 6.45. The molecular weight excluding hydrogens is 404 g/mol. The van der Waals surface area contributed by atoms with E-state index in [0.717, 1.165) is 64.7 Å². The molecule has 3 aliphatic rings. The molecule has 0 N–H and O–H groups in total. The highest BCUT2D eigenvalue weighted by atomic mass is 16.7. The van der Waals surface area contributed by atoms with E-state index in [-0.39, 0.29) is 18.8 Å². The largest absolute Gasteiger partial charge is 0.496 e. The van der Waals surface area contributed by atoms with Crippen LogP contribution >= 0.6 is 0 Å². The first-order chi connectivity index (χ1) is 15.5. The van der Waals surface area contributed by atoms with Crippen LogP contribution in [0.5, 0.6) is 28.7 Å². The van der Waals surface area contributed by atoms with E-state index in [1.54, 1.807) is 7.11 Å². The van der Waals surface area contributed by atoms with Gasteiger partial charge in [0.2, 0.25) is 6.79 Å². The minimum atomic E-state index is -0.0799. The van der Waals surface area contributed by atoms with Gasteiger partial charge in [-0.05, 0) is 58.2 Å². The summed E-state index contributed by atoms with van der Waals surface area (Å²) in [6.45, 7) is 7.30. The van der Waals surface area contributed by atoms with Gasteiger partial charge in [-0.3, -0.25) is 0 Å². The van der Waals surface area contributed by atoms with Crippen molar-refractivity contribution >= 4 is 0 Å².